The number of hydrogen-bond donors (Lipinski definition) is 0. The fraction of sp³-hybridized carbons (Fsp3) is 1.00. The van der Waals surface area contributed by atoms with Crippen molar-refractivity contribution in [3.8, 4) is 0 Å². The maximum Gasteiger partial charge on any atom is 0.238 e. The molecule has 2 saturated carbocycles. The highest BCUT2D eigenvalue weighted by Gasteiger charge is 2.56. The molecular formula is C10H17ClO2S. The molecule has 0 aliphatic heterocycles. The third-order valence-corrected chi connectivity index (χ3v) is 6.26. The summed E-state index contributed by atoms with van der Waals surface area (Å²) < 4.78 is 22.1. The van der Waals surface area contributed by atoms with Crippen LogP contribution in [0.4, 0.5) is 0 Å². The Morgan fingerprint density at radius 2 is 1.79 bits per heavy atom. The summed E-state index contributed by atoms with van der Waals surface area (Å²) in [5.41, 5.74) is 0.427. The SMILES string of the molecule is CC1(C)CC(CC2(S(=O)(=O)Cl)CC2)C1. The summed E-state index contributed by atoms with van der Waals surface area (Å²) in [4.78, 5) is 0. The van der Waals surface area contributed by atoms with E-state index in [-0.39, 0.29) is 0 Å². The molecule has 0 aromatic rings. The molecule has 0 aromatic heterocycles. The second-order valence-electron chi connectivity index (χ2n) is 5.76. The maximum atomic E-state index is 11.3. The van der Waals surface area contributed by atoms with E-state index in [1.54, 1.807) is 0 Å². The Balaban J connectivity index is 1.94. The lowest BCUT2D eigenvalue weighted by Gasteiger charge is -2.43. The fourth-order valence-electron chi connectivity index (χ4n) is 2.86. The monoisotopic (exact) mass is 236 g/mol. The second-order valence-corrected chi connectivity index (χ2v) is 8.72. The van der Waals surface area contributed by atoms with E-state index in [2.05, 4.69) is 13.8 Å². The average Bonchev–Trinajstić information content (AvgIpc) is 2.62. The largest absolute Gasteiger partial charge is 0.238 e. The first-order valence-corrected chi connectivity index (χ1v) is 7.49. The van der Waals surface area contributed by atoms with Gasteiger partial charge in [0.2, 0.25) is 9.05 Å². The summed E-state index contributed by atoms with van der Waals surface area (Å²) in [6.45, 7) is 4.47. The van der Waals surface area contributed by atoms with Gasteiger partial charge in [-0.25, -0.2) is 8.42 Å². The highest BCUT2D eigenvalue weighted by Crippen LogP contribution is 2.56. The zero-order valence-electron chi connectivity index (χ0n) is 8.72. The minimum absolute atomic E-state index is 0.427. The molecule has 0 N–H and O–H groups in total. The van der Waals surface area contributed by atoms with Gasteiger partial charge in [0.1, 0.15) is 0 Å². The van der Waals surface area contributed by atoms with Crippen LogP contribution >= 0.6 is 10.7 Å². The van der Waals surface area contributed by atoms with Crippen LogP contribution in [-0.4, -0.2) is 13.2 Å². The lowest BCUT2D eigenvalue weighted by Crippen LogP contribution is -2.35. The van der Waals surface area contributed by atoms with Crippen molar-refractivity contribution in [2.45, 2.75) is 50.7 Å². The molecule has 2 rings (SSSR count). The minimum atomic E-state index is -3.33. The molecule has 82 valence electrons. The number of halogens is 1. The summed E-state index contributed by atoms with van der Waals surface area (Å²) in [7, 11) is 2.13. The molecule has 4 heteroatoms. The van der Waals surface area contributed by atoms with E-state index in [4.69, 9.17) is 10.7 Å². The highest BCUT2D eigenvalue weighted by atomic mass is 35.7. The first-order valence-electron chi connectivity index (χ1n) is 5.18. The quantitative estimate of drug-likeness (QED) is 0.707. The summed E-state index contributed by atoms with van der Waals surface area (Å²) in [5, 5.41) is 0. The van der Waals surface area contributed by atoms with Crippen LogP contribution in [0, 0.1) is 11.3 Å². The van der Waals surface area contributed by atoms with Gasteiger partial charge < -0.3 is 0 Å². The van der Waals surface area contributed by atoms with Gasteiger partial charge in [-0.05, 0) is 43.4 Å². The van der Waals surface area contributed by atoms with E-state index in [1.807, 2.05) is 0 Å². The Hall–Kier alpha value is 0.240. The first-order chi connectivity index (χ1) is 6.24. The van der Waals surface area contributed by atoms with Gasteiger partial charge in [0, 0.05) is 10.7 Å². The van der Waals surface area contributed by atoms with Crippen LogP contribution in [-0.2, 0) is 9.05 Å². The van der Waals surface area contributed by atoms with E-state index in [0.29, 0.717) is 11.3 Å². The Morgan fingerprint density at radius 1 is 1.29 bits per heavy atom. The van der Waals surface area contributed by atoms with Gasteiger partial charge in [0.25, 0.3) is 0 Å². The van der Waals surface area contributed by atoms with E-state index in [9.17, 15) is 8.42 Å². The summed E-state index contributed by atoms with van der Waals surface area (Å²) >= 11 is 0. The van der Waals surface area contributed by atoms with Crippen molar-refractivity contribution in [1.82, 2.24) is 0 Å². The van der Waals surface area contributed by atoms with Gasteiger partial charge >= 0.3 is 0 Å². The van der Waals surface area contributed by atoms with Crippen molar-refractivity contribution in [3.05, 3.63) is 0 Å². The predicted molar refractivity (Wildman–Crippen MR) is 57.9 cm³/mol. The van der Waals surface area contributed by atoms with Gasteiger partial charge in [0.05, 0.1) is 4.75 Å². The molecule has 0 bridgehead atoms. The Labute approximate surface area is 90.4 Å². The highest BCUT2D eigenvalue weighted by molar-refractivity contribution is 8.15. The van der Waals surface area contributed by atoms with Crippen LogP contribution in [0.3, 0.4) is 0 Å². The lowest BCUT2D eigenvalue weighted by molar-refractivity contribution is 0.0876. The van der Waals surface area contributed by atoms with E-state index >= 15 is 0 Å². The van der Waals surface area contributed by atoms with Crippen molar-refractivity contribution in [2.24, 2.45) is 11.3 Å². The number of hydrogen-bond acceptors (Lipinski definition) is 2. The standard InChI is InChI=1S/C10H17ClO2S/c1-9(2)5-8(6-9)7-10(3-4-10)14(11,12)13/h8H,3-7H2,1-2H3. The molecule has 2 fully saturated rings. The lowest BCUT2D eigenvalue weighted by atomic mass is 9.63. The van der Waals surface area contributed by atoms with Crippen LogP contribution in [0.1, 0.15) is 46.0 Å². The van der Waals surface area contributed by atoms with Crippen LogP contribution in [0.25, 0.3) is 0 Å². The van der Waals surface area contributed by atoms with Crippen LogP contribution in [0.2, 0.25) is 0 Å². The van der Waals surface area contributed by atoms with E-state index in [0.717, 1.165) is 32.1 Å². The average molecular weight is 237 g/mol. The molecule has 0 amide bonds. The summed E-state index contributed by atoms with van der Waals surface area (Å²) in [6, 6.07) is 0. The minimum Gasteiger partial charge on any atom is -0.212 e. The topological polar surface area (TPSA) is 34.1 Å². The van der Waals surface area contributed by atoms with Crippen LogP contribution in [0.15, 0.2) is 0 Å². The third kappa shape index (κ3) is 1.81. The summed E-state index contributed by atoms with van der Waals surface area (Å²) in [6.07, 6.45) is 4.65. The van der Waals surface area contributed by atoms with Crippen molar-refractivity contribution in [1.29, 1.82) is 0 Å². The molecule has 0 saturated heterocycles. The van der Waals surface area contributed by atoms with Gasteiger partial charge in [-0.2, -0.15) is 0 Å². The maximum absolute atomic E-state index is 11.3. The molecule has 2 aliphatic rings. The molecule has 14 heavy (non-hydrogen) atoms. The van der Waals surface area contributed by atoms with Crippen LogP contribution < -0.4 is 0 Å². The third-order valence-electron chi connectivity index (χ3n) is 3.67. The molecule has 0 atom stereocenters. The molecule has 0 unspecified atom stereocenters. The van der Waals surface area contributed by atoms with Crippen molar-refractivity contribution in [3.63, 3.8) is 0 Å². The van der Waals surface area contributed by atoms with Crippen molar-refractivity contribution >= 4 is 19.7 Å². The van der Waals surface area contributed by atoms with E-state index < -0.39 is 13.8 Å². The molecule has 0 heterocycles. The van der Waals surface area contributed by atoms with E-state index in [1.165, 1.54) is 0 Å². The molecule has 2 nitrogen and oxygen atoms in total. The van der Waals surface area contributed by atoms with Gasteiger partial charge in [-0.3, -0.25) is 0 Å². The molecular weight excluding hydrogens is 220 g/mol. The van der Waals surface area contributed by atoms with Crippen molar-refractivity contribution in [2.75, 3.05) is 0 Å². The Kier molecular flexibility index (Phi) is 2.21. The van der Waals surface area contributed by atoms with Gasteiger partial charge in [-0.15, -0.1) is 0 Å². The zero-order chi connectivity index (χ0) is 10.6. The smallest absolute Gasteiger partial charge is 0.212 e. The Bertz CT molecular complexity index is 333. The van der Waals surface area contributed by atoms with Gasteiger partial charge in [0.15, 0.2) is 0 Å². The second kappa shape index (κ2) is 2.88. The van der Waals surface area contributed by atoms with Crippen molar-refractivity contribution < 1.29 is 8.42 Å². The normalized spacial score (nSPS) is 29.6. The fourth-order valence-corrected chi connectivity index (χ4v) is 4.54. The first kappa shape index (κ1) is 10.7. The molecule has 0 spiro atoms. The molecule has 0 radical (unpaired) electrons. The summed E-state index contributed by atoms with van der Waals surface area (Å²) in [5.74, 6) is 0.584. The van der Waals surface area contributed by atoms with Crippen LogP contribution in [0.5, 0.6) is 0 Å². The predicted octanol–water partition coefficient (Wildman–Crippen LogP) is 2.91. The zero-order valence-corrected chi connectivity index (χ0v) is 10.3. The Morgan fingerprint density at radius 3 is 2.07 bits per heavy atom. The molecule has 2 aliphatic carbocycles. The molecule has 0 aromatic carbocycles. The number of rotatable bonds is 3. The van der Waals surface area contributed by atoms with Gasteiger partial charge in [-0.1, -0.05) is 13.8 Å².